The Morgan fingerprint density at radius 2 is 1.90 bits per heavy atom. The molecule has 20 heavy (non-hydrogen) atoms. The average Bonchev–Trinajstić information content (AvgIpc) is 2.54. The molecule has 0 spiro atoms. The van der Waals surface area contributed by atoms with Crippen molar-refractivity contribution in [2.75, 3.05) is 0 Å². The highest BCUT2D eigenvalue weighted by Crippen LogP contribution is 2.30. The third-order valence-corrected chi connectivity index (χ3v) is 3.61. The van der Waals surface area contributed by atoms with Crippen LogP contribution in [0.1, 0.15) is 26.7 Å². The third-order valence-electron chi connectivity index (χ3n) is 3.61. The van der Waals surface area contributed by atoms with Crippen LogP contribution in [0.3, 0.4) is 0 Å². The smallest absolute Gasteiger partial charge is 0.317 e. The molecule has 0 bridgehead atoms. The number of hydrogen-bond donors (Lipinski definition) is 2. The number of hydrogen-bond acceptors (Lipinski definition) is 6. The molecule has 1 heterocycles. The van der Waals surface area contributed by atoms with Crippen LogP contribution in [0.25, 0.3) is 0 Å². The number of rotatable bonds is 6. The van der Waals surface area contributed by atoms with Gasteiger partial charge in [-0.1, -0.05) is 13.8 Å². The SMILES string of the molecule is CC(C(=O)[O-])C(CCC1C(=O)OC(=O)C1C)C(N)=O.[NH4+]. The number of carboxylic acid groups (broad SMARTS) is 1. The lowest BCUT2D eigenvalue weighted by Gasteiger charge is -2.22. The van der Waals surface area contributed by atoms with Gasteiger partial charge in [-0.05, 0) is 12.8 Å². The predicted octanol–water partition coefficient (Wildman–Crippen LogP) is -1.03. The normalized spacial score (nSPS) is 24.5. The predicted molar refractivity (Wildman–Crippen MR) is 65.8 cm³/mol. The van der Waals surface area contributed by atoms with Crippen LogP contribution in [0, 0.1) is 23.7 Å². The summed E-state index contributed by atoms with van der Waals surface area (Å²) in [5.74, 6) is -6.58. The van der Waals surface area contributed by atoms with Crippen LogP contribution in [-0.2, 0) is 23.9 Å². The Hall–Kier alpha value is -1.96. The molecule has 0 aromatic carbocycles. The van der Waals surface area contributed by atoms with E-state index in [2.05, 4.69) is 4.74 Å². The first-order valence-electron chi connectivity index (χ1n) is 6.01. The van der Waals surface area contributed by atoms with E-state index in [1.807, 2.05) is 0 Å². The Kier molecular flexibility index (Phi) is 6.31. The van der Waals surface area contributed by atoms with Crippen LogP contribution in [0.5, 0.6) is 0 Å². The number of carboxylic acids is 1. The first kappa shape index (κ1) is 18.0. The van der Waals surface area contributed by atoms with Crippen LogP contribution >= 0.6 is 0 Å². The fourth-order valence-electron chi connectivity index (χ4n) is 2.17. The monoisotopic (exact) mass is 288 g/mol. The van der Waals surface area contributed by atoms with Crippen molar-refractivity contribution in [2.24, 2.45) is 29.4 Å². The van der Waals surface area contributed by atoms with Crippen molar-refractivity contribution in [1.82, 2.24) is 6.15 Å². The summed E-state index contributed by atoms with van der Waals surface area (Å²) in [7, 11) is 0. The van der Waals surface area contributed by atoms with Gasteiger partial charge in [-0.15, -0.1) is 0 Å². The van der Waals surface area contributed by atoms with Crippen LogP contribution < -0.4 is 17.0 Å². The second-order valence-corrected chi connectivity index (χ2v) is 4.83. The van der Waals surface area contributed by atoms with Gasteiger partial charge in [0.25, 0.3) is 0 Å². The molecule has 0 aliphatic carbocycles. The quantitative estimate of drug-likeness (QED) is 0.468. The van der Waals surface area contributed by atoms with Crippen LogP contribution in [-0.4, -0.2) is 23.8 Å². The molecule has 1 aliphatic heterocycles. The molecule has 8 heteroatoms. The standard InChI is InChI=1S/C12H17NO6.H3N/c1-5(10(15)16)7(9(13)14)3-4-8-6(2)11(17)19-12(8)18;/h5-8H,3-4H2,1-2H3,(H2,13,14)(H,15,16);1H3. The molecule has 4 unspecified atom stereocenters. The summed E-state index contributed by atoms with van der Waals surface area (Å²) in [6, 6.07) is 0. The Morgan fingerprint density at radius 3 is 2.25 bits per heavy atom. The molecule has 6 N–H and O–H groups in total. The lowest BCUT2D eigenvalue weighted by atomic mass is 9.83. The Labute approximate surface area is 116 Å². The van der Waals surface area contributed by atoms with Crippen molar-refractivity contribution in [1.29, 1.82) is 0 Å². The number of quaternary nitrogens is 1. The first-order chi connectivity index (χ1) is 8.75. The average molecular weight is 288 g/mol. The lowest BCUT2D eigenvalue weighted by Crippen LogP contribution is -2.40. The molecule has 0 saturated carbocycles. The molecule has 0 aromatic heterocycles. The minimum atomic E-state index is -1.37. The Morgan fingerprint density at radius 1 is 1.35 bits per heavy atom. The van der Waals surface area contributed by atoms with Gasteiger partial charge in [0.05, 0.1) is 11.8 Å². The van der Waals surface area contributed by atoms with E-state index in [-0.39, 0.29) is 19.0 Å². The number of primary amides is 1. The number of amides is 1. The van der Waals surface area contributed by atoms with E-state index < -0.39 is 47.5 Å². The fourth-order valence-corrected chi connectivity index (χ4v) is 2.17. The van der Waals surface area contributed by atoms with Crippen molar-refractivity contribution < 1.29 is 29.0 Å². The number of ether oxygens (including phenoxy) is 1. The molecule has 8 nitrogen and oxygen atoms in total. The maximum Gasteiger partial charge on any atom is 0.317 e. The van der Waals surface area contributed by atoms with E-state index >= 15 is 0 Å². The maximum atomic E-state index is 11.4. The molecule has 114 valence electrons. The van der Waals surface area contributed by atoms with Gasteiger partial charge >= 0.3 is 11.9 Å². The summed E-state index contributed by atoms with van der Waals surface area (Å²) < 4.78 is 4.46. The largest absolute Gasteiger partial charge is 0.550 e. The maximum absolute atomic E-state index is 11.4. The van der Waals surface area contributed by atoms with E-state index in [0.29, 0.717) is 0 Å². The second kappa shape index (κ2) is 6.99. The van der Waals surface area contributed by atoms with Gasteiger partial charge in [-0.2, -0.15) is 0 Å². The van der Waals surface area contributed by atoms with Gasteiger partial charge in [0.2, 0.25) is 5.91 Å². The van der Waals surface area contributed by atoms with Crippen molar-refractivity contribution >= 4 is 23.8 Å². The first-order valence-corrected chi connectivity index (χ1v) is 6.01. The highest BCUT2D eigenvalue weighted by atomic mass is 16.6. The topological polar surface area (TPSA) is 163 Å². The number of carbonyl (C=O) groups is 4. The van der Waals surface area contributed by atoms with E-state index in [4.69, 9.17) is 5.73 Å². The van der Waals surface area contributed by atoms with Gasteiger partial charge < -0.3 is 26.5 Å². The molecule has 0 aromatic rings. The third kappa shape index (κ3) is 3.77. The van der Waals surface area contributed by atoms with Crippen LogP contribution in [0.15, 0.2) is 0 Å². The Balaban J connectivity index is 0.00000361. The molecular formula is C12H20N2O6. The van der Waals surface area contributed by atoms with E-state index in [1.165, 1.54) is 6.92 Å². The van der Waals surface area contributed by atoms with Gasteiger partial charge in [-0.25, -0.2) is 0 Å². The zero-order valence-electron chi connectivity index (χ0n) is 11.8. The molecule has 4 atom stereocenters. The van der Waals surface area contributed by atoms with Gasteiger partial charge in [0, 0.05) is 17.8 Å². The van der Waals surface area contributed by atoms with Gasteiger partial charge in [0.1, 0.15) is 0 Å². The van der Waals surface area contributed by atoms with Crippen LogP contribution in [0.2, 0.25) is 0 Å². The van der Waals surface area contributed by atoms with Crippen molar-refractivity contribution in [3.05, 3.63) is 0 Å². The van der Waals surface area contributed by atoms with Crippen molar-refractivity contribution in [3.8, 4) is 0 Å². The van der Waals surface area contributed by atoms with Gasteiger partial charge in [-0.3, -0.25) is 14.4 Å². The minimum absolute atomic E-state index is 0. The summed E-state index contributed by atoms with van der Waals surface area (Å²) >= 11 is 0. The second-order valence-electron chi connectivity index (χ2n) is 4.83. The molecule has 1 aliphatic rings. The molecule has 1 amide bonds. The van der Waals surface area contributed by atoms with Crippen molar-refractivity contribution in [2.45, 2.75) is 26.7 Å². The summed E-state index contributed by atoms with van der Waals surface area (Å²) in [5.41, 5.74) is 5.14. The van der Waals surface area contributed by atoms with E-state index in [0.717, 1.165) is 0 Å². The summed E-state index contributed by atoms with van der Waals surface area (Å²) in [5, 5.41) is 10.8. The highest BCUT2D eigenvalue weighted by Gasteiger charge is 2.41. The number of aliphatic carboxylic acids is 1. The molecule has 1 fully saturated rings. The number of cyclic esters (lactones) is 2. The van der Waals surface area contributed by atoms with Crippen LogP contribution in [0.4, 0.5) is 0 Å². The summed E-state index contributed by atoms with van der Waals surface area (Å²) in [6.07, 6.45) is 0.277. The van der Waals surface area contributed by atoms with E-state index in [1.54, 1.807) is 6.92 Å². The number of nitrogens with two attached hydrogens (primary N) is 1. The van der Waals surface area contributed by atoms with E-state index in [9.17, 15) is 24.3 Å². The summed E-state index contributed by atoms with van der Waals surface area (Å²) in [4.78, 5) is 44.6. The zero-order chi connectivity index (χ0) is 14.7. The zero-order valence-corrected chi connectivity index (χ0v) is 11.8. The van der Waals surface area contributed by atoms with Crippen molar-refractivity contribution in [3.63, 3.8) is 0 Å². The highest BCUT2D eigenvalue weighted by molar-refractivity contribution is 5.96. The lowest BCUT2D eigenvalue weighted by molar-refractivity contribution is -0.312. The minimum Gasteiger partial charge on any atom is -0.550 e. The fraction of sp³-hybridized carbons (Fsp3) is 0.667. The molecule has 1 rings (SSSR count). The Bertz CT molecular complexity index is 422. The molecular weight excluding hydrogens is 268 g/mol. The summed E-state index contributed by atoms with van der Waals surface area (Å²) in [6.45, 7) is 2.88. The van der Waals surface area contributed by atoms with Gasteiger partial charge in [0.15, 0.2) is 0 Å². The number of esters is 2. The molecule has 1 saturated heterocycles. The number of carbonyl (C=O) groups excluding carboxylic acids is 4. The molecule has 0 radical (unpaired) electrons.